The minimum absolute atomic E-state index is 0.0609. The molecule has 2 unspecified atom stereocenters. The summed E-state index contributed by atoms with van der Waals surface area (Å²) in [4.78, 5) is 15.1. The summed E-state index contributed by atoms with van der Waals surface area (Å²) in [5.41, 5.74) is 1.10. The SMILES string of the molecule is CC(C)CCCC1CC[C@H]2[C@@H]3CCC4C[C@@H](OC(=O)CCN5CCCCC5)CC[C@]4(C)[C@H]3CC[C@]12C. The van der Waals surface area contributed by atoms with Crippen LogP contribution in [0, 0.1) is 46.3 Å². The molecule has 0 aromatic rings. The van der Waals surface area contributed by atoms with Crippen molar-refractivity contribution in [3.63, 3.8) is 0 Å². The Labute approximate surface area is 222 Å². The summed E-state index contributed by atoms with van der Waals surface area (Å²) in [6.45, 7) is 13.4. The van der Waals surface area contributed by atoms with Crippen LogP contribution in [0.15, 0.2) is 0 Å². The molecule has 5 fully saturated rings. The topological polar surface area (TPSA) is 29.5 Å². The minimum Gasteiger partial charge on any atom is -0.462 e. The van der Waals surface area contributed by atoms with Crippen molar-refractivity contribution in [2.45, 2.75) is 137 Å². The van der Waals surface area contributed by atoms with E-state index in [9.17, 15) is 4.79 Å². The molecule has 206 valence electrons. The van der Waals surface area contributed by atoms with Gasteiger partial charge in [-0.05, 0) is 136 Å². The predicted octanol–water partition coefficient (Wildman–Crippen LogP) is 8.26. The van der Waals surface area contributed by atoms with Gasteiger partial charge < -0.3 is 9.64 Å². The van der Waals surface area contributed by atoms with Crippen LogP contribution in [0.2, 0.25) is 0 Å². The Balaban J connectivity index is 1.14. The van der Waals surface area contributed by atoms with Crippen LogP contribution in [0.25, 0.3) is 0 Å². The van der Waals surface area contributed by atoms with E-state index >= 15 is 0 Å². The normalized spacial score (nSPS) is 43.0. The molecule has 0 spiro atoms. The van der Waals surface area contributed by atoms with E-state index in [1.165, 1.54) is 96.6 Å². The number of piperidine rings is 1. The van der Waals surface area contributed by atoms with Gasteiger partial charge in [0.2, 0.25) is 0 Å². The van der Waals surface area contributed by atoms with Crippen LogP contribution < -0.4 is 0 Å². The summed E-state index contributed by atoms with van der Waals surface area (Å²) in [5, 5.41) is 0. The maximum Gasteiger partial charge on any atom is 0.307 e. The van der Waals surface area contributed by atoms with Gasteiger partial charge in [-0.25, -0.2) is 0 Å². The molecule has 5 rings (SSSR count). The van der Waals surface area contributed by atoms with Crippen molar-refractivity contribution in [1.82, 2.24) is 4.90 Å². The third-order valence-electron chi connectivity index (χ3n) is 12.5. The number of carbonyl (C=O) groups is 1. The van der Waals surface area contributed by atoms with Gasteiger partial charge in [-0.2, -0.15) is 0 Å². The van der Waals surface area contributed by atoms with E-state index in [2.05, 4.69) is 32.6 Å². The third kappa shape index (κ3) is 5.43. The molecule has 0 aromatic heterocycles. The lowest BCUT2D eigenvalue weighted by Gasteiger charge is -2.61. The number of rotatable bonds is 8. The average Bonchev–Trinajstić information content (AvgIpc) is 3.20. The fourth-order valence-electron chi connectivity index (χ4n) is 10.4. The van der Waals surface area contributed by atoms with Crippen LogP contribution in [0.1, 0.15) is 130 Å². The monoisotopic (exact) mass is 499 g/mol. The molecular formula is C33H57NO2. The standard InChI is InChI=1S/C33H57NO2/c1-24(2)9-8-10-25-12-14-29-28-13-11-26-23-27(36-31(35)17-22-34-20-6-5-7-21-34)15-18-33(26,4)30(28)16-19-32(25,29)3/h24-30H,5-23H2,1-4H3/t25?,26?,27-,28-,29-,30-,32+,33-/m0/s1. The molecule has 4 aliphatic carbocycles. The summed E-state index contributed by atoms with van der Waals surface area (Å²) in [6, 6.07) is 0. The molecular weight excluding hydrogens is 442 g/mol. The molecule has 1 saturated heterocycles. The van der Waals surface area contributed by atoms with E-state index in [4.69, 9.17) is 4.74 Å². The third-order valence-corrected chi connectivity index (χ3v) is 12.5. The van der Waals surface area contributed by atoms with Gasteiger partial charge in [-0.15, -0.1) is 0 Å². The van der Waals surface area contributed by atoms with Gasteiger partial charge in [0.25, 0.3) is 0 Å². The lowest BCUT2D eigenvalue weighted by atomic mass is 9.44. The van der Waals surface area contributed by atoms with Gasteiger partial charge in [-0.3, -0.25) is 4.79 Å². The maximum absolute atomic E-state index is 12.7. The van der Waals surface area contributed by atoms with Crippen molar-refractivity contribution in [3.8, 4) is 0 Å². The van der Waals surface area contributed by atoms with Gasteiger partial charge in [0.05, 0.1) is 6.42 Å². The van der Waals surface area contributed by atoms with Gasteiger partial charge in [-0.1, -0.05) is 47.0 Å². The first-order chi connectivity index (χ1) is 17.3. The molecule has 3 nitrogen and oxygen atoms in total. The van der Waals surface area contributed by atoms with Crippen LogP contribution in [0.3, 0.4) is 0 Å². The number of likely N-dealkylation sites (tertiary alicyclic amines) is 1. The Bertz CT molecular complexity index is 744. The Kier molecular flexibility index (Phi) is 8.46. The summed E-state index contributed by atoms with van der Waals surface area (Å²) in [6.07, 6.45) is 21.3. The van der Waals surface area contributed by atoms with E-state index in [1.807, 2.05) is 0 Å². The fourth-order valence-corrected chi connectivity index (χ4v) is 10.4. The highest BCUT2D eigenvalue weighted by Gasteiger charge is 2.60. The Morgan fingerprint density at radius 3 is 2.44 bits per heavy atom. The largest absolute Gasteiger partial charge is 0.462 e. The number of fused-ring (bicyclic) bond motifs is 5. The van der Waals surface area contributed by atoms with E-state index in [0.717, 1.165) is 54.9 Å². The number of hydrogen-bond acceptors (Lipinski definition) is 3. The van der Waals surface area contributed by atoms with Crippen LogP contribution in [-0.2, 0) is 9.53 Å². The van der Waals surface area contributed by atoms with Crippen LogP contribution in [-0.4, -0.2) is 36.6 Å². The van der Waals surface area contributed by atoms with Crippen LogP contribution >= 0.6 is 0 Å². The molecule has 1 aliphatic heterocycles. The van der Waals surface area contributed by atoms with Crippen molar-refractivity contribution in [2.24, 2.45) is 46.3 Å². The highest BCUT2D eigenvalue weighted by atomic mass is 16.5. The Morgan fingerprint density at radius 2 is 1.67 bits per heavy atom. The molecule has 1 heterocycles. The molecule has 5 aliphatic rings. The van der Waals surface area contributed by atoms with Crippen molar-refractivity contribution in [3.05, 3.63) is 0 Å². The number of carbonyl (C=O) groups excluding carboxylic acids is 1. The maximum atomic E-state index is 12.7. The molecule has 0 bridgehead atoms. The second kappa shape index (κ2) is 11.3. The zero-order valence-electron chi connectivity index (χ0n) is 24.2. The summed E-state index contributed by atoms with van der Waals surface area (Å²) in [7, 11) is 0. The fraction of sp³-hybridized carbons (Fsp3) is 0.970. The molecule has 4 saturated carbocycles. The predicted molar refractivity (Wildman–Crippen MR) is 149 cm³/mol. The van der Waals surface area contributed by atoms with Crippen molar-refractivity contribution in [1.29, 1.82) is 0 Å². The second-order valence-electron chi connectivity index (χ2n) is 14.8. The van der Waals surface area contributed by atoms with Crippen LogP contribution in [0.4, 0.5) is 0 Å². The highest BCUT2D eigenvalue weighted by molar-refractivity contribution is 5.69. The van der Waals surface area contributed by atoms with Gasteiger partial charge in [0.15, 0.2) is 0 Å². The van der Waals surface area contributed by atoms with E-state index in [0.29, 0.717) is 17.3 Å². The zero-order valence-corrected chi connectivity index (χ0v) is 24.2. The molecule has 0 amide bonds. The van der Waals surface area contributed by atoms with Crippen molar-refractivity contribution >= 4 is 5.97 Å². The van der Waals surface area contributed by atoms with Gasteiger partial charge in [0, 0.05) is 6.54 Å². The zero-order chi connectivity index (χ0) is 25.3. The first-order valence-electron chi connectivity index (χ1n) is 16.2. The first-order valence-corrected chi connectivity index (χ1v) is 16.2. The lowest BCUT2D eigenvalue weighted by Crippen LogP contribution is -2.54. The molecule has 0 aromatic carbocycles. The smallest absolute Gasteiger partial charge is 0.307 e. The quantitative estimate of drug-likeness (QED) is 0.315. The second-order valence-corrected chi connectivity index (χ2v) is 14.8. The van der Waals surface area contributed by atoms with E-state index in [-0.39, 0.29) is 12.1 Å². The van der Waals surface area contributed by atoms with Gasteiger partial charge in [0.1, 0.15) is 6.10 Å². The Hall–Kier alpha value is -0.570. The highest BCUT2D eigenvalue weighted by Crippen LogP contribution is 2.68. The van der Waals surface area contributed by atoms with Gasteiger partial charge >= 0.3 is 5.97 Å². The first kappa shape index (κ1) is 27.0. The molecule has 8 atom stereocenters. The summed E-state index contributed by atoms with van der Waals surface area (Å²) < 4.78 is 6.10. The lowest BCUT2D eigenvalue weighted by molar-refractivity contribution is -0.162. The molecule has 0 radical (unpaired) electrons. The summed E-state index contributed by atoms with van der Waals surface area (Å²) >= 11 is 0. The average molecular weight is 500 g/mol. The minimum atomic E-state index is 0.0609. The number of nitrogens with zero attached hydrogens (tertiary/aromatic N) is 1. The number of ether oxygens (including phenoxy) is 1. The summed E-state index contributed by atoms with van der Waals surface area (Å²) in [5.74, 6) is 5.51. The molecule has 0 N–H and O–H groups in total. The van der Waals surface area contributed by atoms with Crippen LogP contribution in [0.5, 0.6) is 0 Å². The van der Waals surface area contributed by atoms with E-state index in [1.54, 1.807) is 0 Å². The number of hydrogen-bond donors (Lipinski definition) is 0. The van der Waals surface area contributed by atoms with E-state index < -0.39 is 0 Å². The van der Waals surface area contributed by atoms with Crippen molar-refractivity contribution in [2.75, 3.05) is 19.6 Å². The van der Waals surface area contributed by atoms with Crippen molar-refractivity contribution < 1.29 is 9.53 Å². The Morgan fingerprint density at radius 1 is 0.917 bits per heavy atom. The molecule has 3 heteroatoms. The number of esters is 1. The molecule has 36 heavy (non-hydrogen) atoms.